The van der Waals surface area contributed by atoms with E-state index in [1.54, 1.807) is 6.20 Å². The van der Waals surface area contributed by atoms with E-state index >= 15 is 0 Å². The van der Waals surface area contributed by atoms with Gasteiger partial charge in [0.2, 0.25) is 15.9 Å². The molecule has 174 valence electrons. The summed E-state index contributed by atoms with van der Waals surface area (Å²) in [5, 5.41) is 0.900. The lowest BCUT2D eigenvalue weighted by atomic mass is 10.1. The SMILES string of the molecule is O=C(Cc1c[nH]c2ccccc12)NNC(=O)c1ccc(Cl)c(S(=O)(=O)NCC2CCCO2)c1. The second kappa shape index (κ2) is 9.92. The van der Waals surface area contributed by atoms with Crippen LogP contribution in [0.4, 0.5) is 0 Å². The maximum absolute atomic E-state index is 12.7. The lowest BCUT2D eigenvalue weighted by molar-refractivity contribution is -0.121. The summed E-state index contributed by atoms with van der Waals surface area (Å²) >= 11 is 6.08. The van der Waals surface area contributed by atoms with Gasteiger partial charge in [0.15, 0.2) is 0 Å². The highest BCUT2D eigenvalue weighted by molar-refractivity contribution is 7.89. The number of para-hydroxylation sites is 1. The van der Waals surface area contributed by atoms with Gasteiger partial charge in [0, 0.05) is 35.8 Å². The van der Waals surface area contributed by atoms with Crippen molar-refractivity contribution in [3.05, 3.63) is 64.8 Å². The standard InChI is InChI=1S/C22H23ClN4O5S/c23-18-8-7-14(10-20(18)33(30,31)25-13-16-4-3-9-32-16)22(29)27-26-21(28)11-15-12-24-19-6-2-1-5-17(15)19/h1-2,5-8,10,12,16,24-25H,3-4,9,11,13H2,(H,26,28)(H,27,29). The number of sulfonamides is 1. The second-order valence-electron chi connectivity index (χ2n) is 7.67. The molecule has 2 aromatic carbocycles. The van der Waals surface area contributed by atoms with Crippen LogP contribution in [0, 0.1) is 0 Å². The molecule has 1 aliphatic rings. The average Bonchev–Trinajstić information content (AvgIpc) is 3.47. The second-order valence-corrected chi connectivity index (χ2v) is 9.81. The smallest absolute Gasteiger partial charge is 0.269 e. The van der Waals surface area contributed by atoms with Crippen LogP contribution in [0.1, 0.15) is 28.8 Å². The number of benzene rings is 2. The number of amides is 2. The number of aromatic amines is 1. The van der Waals surface area contributed by atoms with E-state index in [1.807, 2.05) is 24.3 Å². The molecule has 3 aromatic rings. The molecule has 0 aliphatic carbocycles. The van der Waals surface area contributed by atoms with E-state index in [-0.39, 0.29) is 34.6 Å². The maximum Gasteiger partial charge on any atom is 0.269 e. The Labute approximate surface area is 195 Å². The highest BCUT2D eigenvalue weighted by Crippen LogP contribution is 2.23. The van der Waals surface area contributed by atoms with Gasteiger partial charge in [0.25, 0.3) is 5.91 Å². The molecule has 33 heavy (non-hydrogen) atoms. The van der Waals surface area contributed by atoms with Crippen LogP contribution in [-0.4, -0.2) is 44.5 Å². The van der Waals surface area contributed by atoms with Crippen LogP contribution in [0.15, 0.2) is 53.6 Å². The van der Waals surface area contributed by atoms with Crippen LogP contribution in [0.3, 0.4) is 0 Å². The van der Waals surface area contributed by atoms with Gasteiger partial charge in [0.05, 0.1) is 17.5 Å². The fourth-order valence-electron chi connectivity index (χ4n) is 3.63. The summed E-state index contributed by atoms with van der Waals surface area (Å²) in [6.07, 6.45) is 3.27. The van der Waals surface area contributed by atoms with Crippen LogP contribution < -0.4 is 15.6 Å². The third kappa shape index (κ3) is 5.53. The van der Waals surface area contributed by atoms with Gasteiger partial charge in [-0.15, -0.1) is 0 Å². The van der Waals surface area contributed by atoms with Crippen molar-refractivity contribution in [3.63, 3.8) is 0 Å². The third-order valence-electron chi connectivity index (χ3n) is 5.35. The first-order valence-corrected chi connectivity index (χ1v) is 12.2. The molecule has 1 aliphatic heterocycles. The Morgan fingerprint density at radius 2 is 1.97 bits per heavy atom. The predicted molar refractivity (Wildman–Crippen MR) is 123 cm³/mol. The highest BCUT2D eigenvalue weighted by atomic mass is 35.5. The Bertz CT molecular complexity index is 1280. The summed E-state index contributed by atoms with van der Waals surface area (Å²) in [7, 11) is -3.95. The van der Waals surface area contributed by atoms with Crippen molar-refractivity contribution >= 4 is 44.3 Å². The molecule has 1 saturated heterocycles. The summed E-state index contributed by atoms with van der Waals surface area (Å²) < 4.78 is 33.3. The van der Waals surface area contributed by atoms with Crippen molar-refractivity contribution in [2.75, 3.05) is 13.2 Å². The number of rotatable bonds is 7. The Hall–Kier alpha value is -2.92. The molecular formula is C22H23ClN4O5S. The van der Waals surface area contributed by atoms with Gasteiger partial charge in [-0.05, 0) is 42.7 Å². The number of hydrogen-bond donors (Lipinski definition) is 4. The summed E-state index contributed by atoms with van der Waals surface area (Å²) in [4.78, 5) is 27.7. The molecule has 0 radical (unpaired) electrons. The Morgan fingerprint density at radius 1 is 1.15 bits per heavy atom. The molecule has 9 nitrogen and oxygen atoms in total. The molecule has 0 spiro atoms. The van der Waals surface area contributed by atoms with Crippen molar-refractivity contribution < 1.29 is 22.7 Å². The quantitative estimate of drug-likeness (QED) is 0.377. The molecule has 1 atom stereocenters. The maximum atomic E-state index is 12.7. The van der Waals surface area contributed by atoms with Gasteiger partial charge < -0.3 is 9.72 Å². The first kappa shape index (κ1) is 23.2. The minimum Gasteiger partial charge on any atom is -0.377 e. The van der Waals surface area contributed by atoms with Gasteiger partial charge in [-0.25, -0.2) is 13.1 Å². The zero-order valence-corrected chi connectivity index (χ0v) is 19.1. The van der Waals surface area contributed by atoms with Gasteiger partial charge in [-0.3, -0.25) is 20.4 Å². The summed E-state index contributed by atoms with van der Waals surface area (Å²) in [5.41, 5.74) is 6.39. The topological polar surface area (TPSA) is 129 Å². The van der Waals surface area contributed by atoms with E-state index in [1.165, 1.54) is 18.2 Å². The third-order valence-corrected chi connectivity index (χ3v) is 7.25. The molecule has 0 bridgehead atoms. The molecule has 1 fully saturated rings. The molecular weight excluding hydrogens is 468 g/mol. The van der Waals surface area contributed by atoms with Crippen LogP contribution >= 0.6 is 11.6 Å². The molecule has 1 aromatic heterocycles. The first-order valence-electron chi connectivity index (χ1n) is 10.4. The Kier molecular flexibility index (Phi) is 6.99. The van der Waals surface area contributed by atoms with Crippen LogP contribution in [-0.2, 0) is 26.0 Å². The highest BCUT2D eigenvalue weighted by Gasteiger charge is 2.23. The number of ether oxygens (including phenoxy) is 1. The number of hydrogen-bond acceptors (Lipinski definition) is 5. The number of halogens is 1. The monoisotopic (exact) mass is 490 g/mol. The molecule has 11 heteroatoms. The summed E-state index contributed by atoms with van der Waals surface area (Å²) in [5.74, 6) is -1.09. The molecule has 2 amide bonds. The van der Waals surface area contributed by atoms with E-state index in [9.17, 15) is 18.0 Å². The van der Waals surface area contributed by atoms with Crippen molar-refractivity contribution in [1.29, 1.82) is 0 Å². The average molecular weight is 491 g/mol. The molecule has 0 saturated carbocycles. The zero-order chi connectivity index (χ0) is 23.4. The summed E-state index contributed by atoms with van der Waals surface area (Å²) in [6, 6.07) is 11.4. The number of H-pyrrole nitrogens is 1. The normalized spacial score (nSPS) is 16.1. The van der Waals surface area contributed by atoms with Gasteiger partial charge in [-0.1, -0.05) is 29.8 Å². The van der Waals surface area contributed by atoms with Crippen molar-refractivity contribution in [2.45, 2.75) is 30.3 Å². The van der Waals surface area contributed by atoms with Crippen molar-refractivity contribution in [1.82, 2.24) is 20.6 Å². The number of fused-ring (bicyclic) bond motifs is 1. The molecule has 2 heterocycles. The lowest BCUT2D eigenvalue weighted by Gasteiger charge is -2.13. The Morgan fingerprint density at radius 3 is 2.76 bits per heavy atom. The zero-order valence-electron chi connectivity index (χ0n) is 17.6. The fraction of sp³-hybridized carbons (Fsp3) is 0.273. The van der Waals surface area contributed by atoms with E-state index < -0.39 is 21.8 Å². The Balaban J connectivity index is 1.38. The fourth-order valence-corrected chi connectivity index (χ4v) is 5.22. The minimum absolute atomic E-state index is 0.0187. The molecule has 4 N–H and O–H groups in total. The predicted octanol–water partition coefficient (Wildman–Crippen LogP) is 2.28. The first-order chi connectivity index (χ1) is 15.8. The minimum atomic E-state index is -3.95. The van der Waals surface area contributed by atoms with Crippen LogP contribution in [0.25, 0.3) is 10.9 Å². The van der Waals surface area contributed by atoms with Crippen LogP contribution in [0.5, 0.6) is 0 Å². The number of carbonyl (C=O) groups is 2. The number of aromatic nitrogens is 1. The van der Waals surface area contributed by atoms with E-state index in [4.69, 9.17) is 16.3 Å². The molecule has 4 rings (SSSR count). The number of hydrazine groups is 1. The van der Waals surface area contributed by atoms with Crippen LogP contribution in [0.2, 0.25) is 5.02 Å². The summed E-state index contributed by atoms with van der Waals surface area (Å²) in [6.45, 7) is 0.730. The number of nitrogens with one attached hydrogen (secondary N) is 4. The van der Waals surface area contributed by atoms with Crippen molar-refractivity contribution in [2.24, 2.45) is 0 Å². The lowest BCUT2D eigenvalue weighted by Crippen LogP contribution is -2.42. The van der Waals surface area contributed by atoms with Gasteiger partial charge in [0.1, 0.15) is 4.90 Å². The molecule has 1 unspecified atom stereocenters. The van der Waals surface area contributed by atoms with Gasteiger partial charge >= 0.3 is 0 Å². The van der Waals surface area contributed by atoms with E-state index in [0.717, 1.165) is 29.3 Å². The van der Waals surface area contributed by atoms with Crippen molar-refractivity contribution in [3.8, 4) is 0 Å². The largest absolute Gasteiger partial charge is 0.377 e. The number of carbonyl (C=O) groups excluding carboxylic acids is 2. The van der Waals surface area contributed by atoms with E-state index in [0.29, 0.717) is 6.61 Å². The van der Waals surface area contributed by atoms with Gasteiger partial charge in [-0.2, -0.15) is 0 Å². The van der Waals surface area contributed by atoms with E-state index in [2.05, 4.69) is 20.6 Å².